The van der Waals surface area contributed by atoms with Gasteiger partial charge in [0.05, 0.1) is 10.3 Å². The molecule has 7 nitrogen and oxygen atoms in total. The maximum Gasteiger partial charge on any atom is 0.358 e. The van der Waals surface area contributed by atoms with Gasteiger partial charge in [-0.3, -0.25) is 0 Å². The zero-order chi connectivity index (χ0) is 15.0. The Morgan fingerprint density at radius 2 is 2.29 bits per heavy atom. The van der Waals surface area contributed by atoms with Gasteiger partial charge in [-0.1, -0.05) is 5.21 Å². The molecule has 0 aliphatic heterocycles. The molecule has 3 aromatic rings. The SMILES string of the molecule is Cn1ccnc1-c1c(C(=O)O)nnn1Cc1ccc(Br)s1. The number of aromatic nitrogens is 5. The predicted octanol–water partition coefficient (Wildman–Crippen LogP) is 2.25. The lowest BCUT2D eigenvalue weighted by Crippen LogP contribution is -2.08. The average Bonchev–Trinajstić information content (AvgIpc) is 3.11. The van der Waals surface area contributed by atoms with E-state index in [1.54, 1.807) is 40.0 Å². The molecule has 0 saturated carbocycles. The van der Waals surface area contributed by atoms with E-state index >= 15 is 0 Å². The van der Waals surface area contributed by atoms with Crippen molar-refractivity contribution >= 4 is 33.2 Å². The molecule has 0 aliphatic carbocycles. The number of hydrogen-bond donors (Lipinski definition) is 1. The second kappa shape index (κ2) is 5.41. The molecule has 0 fully saturated rings. The molecule has 0 aromatic carbocycles. The molecule has 0 unspecified atom stereocenters. The summed E-state index contributed by atoms with van der Waals surface area (Å²) in [5.41, 5.74) is 0.305. The molecule has 3 rings (SSSR count). The molecule has 108 valence electrons. The van der Waals surface area contributed by atoms with Crippen LogP contribution in [-0.2, 0) is 13.6 Å². The number of carboxylic acid groups (broad SMARTS) is 1. The smallest absolute Gasteiger partial charge is 0.358 e. The van der Waals surface area contributed by atoms with Gasteiger partial charge in [0.2, 0.25) is 5.69 Å². The third-order valence-corrected chi connectivity index (χ3v) is 4.51. The topological polar surface area (TPSA) is 85.8 Å². The fraction of sp³-hybridized carbons (Fsp3) is 0.167. The average molecular weight is 368 g/mol. The largest absolute Gasteiger partial charge is 0.476 e. The van der Waals surface area contributed by atoms with Crippen molar-refractivity contribution in [1.29, 1.82) is 0 Å². The number of carboxylic acids is 1. The third kappa shape index (κ3) is 2.61. The van der Waals surface area contributed by atoms with Gasteiger partial charge in [0.1, 0.15) is 5.69 Å². The second-order valence-corrected chi connectivity index (χ2v) is 6.86. The summed E-state index contributed by atoms with van der Waals surface area (Å²) in [4.78, 5) is 16.6. The maximum absolute atomic E-state index is 11.3. The van der Waals surface area contributed by atoms with Gasteiger partial charge >= 0.3 is 5.97 Å². The highest BCUT2D eigenvalue weighted by molar-refractivity contribution is 9.11. The molecule has 0 amide bonds. The molecule has 0 radical (unpaired) electrons. The number of carbonyl (C=O) groups is 1. The van der Waals surface area contributed by atoms with Crippen LogP contribution in [0.15, 0.2) is 28.3 Å². The van der Waals surface area contributed by atoms with Crippen molar-refractivity contribution < 1.29 is 9.90 Å². The lowest BCUT2D eigenvalue weighted by molar-refractivity contribution is 0.0691. The van der Waals surface area contributed by atoms with E-state index in [2.05, 4.69) is 31.2 Å². The molecule has 0 aliphatic rings. The Kier molecular flexibility index (Phi) is 3.60. The highest BCUT2D eigenvalue weighted by Gasteiger charge is 2.23. The zero-order valence-corrected chi connectivity index (χ0v) is 13.3. The number of aromatic carboxylic acids is 1. The third-order valence-electron chi connectivity index (χ3n) is 2.91. The van der Waals surface area contributed by atoms with Gasteiger partial charge in [-0.05, 0) is 28.1 Å². The molecular weight excluding hydrogens is 358 g/mol. The van der Waals surface area contributed by atoms with Crippen LogP contribution in [0, 0.1) is 0 Å². The van der Waals surface area contributed by atoms with Crippen LogP contribution in [0.5, 0.6) is 0 Å². The van der Waals surface area contributed by atoms with Crippen LogP contribution < -0.4 is 0 Å². The summed E-state index contributed by atoms with van der Waals surface area (Å²) < 4.78 is 4.31. The molecule has 0 bridgehead atoms. The first kappa shape index (κ1) is 14.0. The molecule has 0 atom stereocenters. The van der Waals surface area contributed by atoms with Gasteiger partial charge in [-0.15, -0.1) is 16.4 Å². The molecule has 0 saturated heterocycles. The fourth-order valence-corrected chi connectivity index (χ4v) is 3.43. The predicted molar refractivity (Wildman–Crippen MR) is 80.3 cm³/mol. The normalized spacial score (nSPS) is 11.0. The van der Waals surface area contributed by atoms with E-state index < -0.39 is 5.97 Å². The first-order valence-corrected chi connectivity index (χ1v) is 7.56. The molecule has 3 aromatic heterocycles. The van der Waals surface area contributed by atoms with E-state index in [1.807, 2.05) is 12.1 Å². The molecule has 0 spiro atoms. The van der Waals surface area contributed by atoms with Crippen LogP contribution in [0.4, 0.5) is 0 Å². The number of imidazole rings is 1. The quantitative estimate of drug-likeness (QED) is 0.764. The minimum absolute atomic E-state index is 0.0973. The Morgan fingerprint density at radius 1 is 1.48 bits per heavy atom. The molecule has 21 heavy (non-hydrogen) atoms. The minimum atomic E-state index is -1.12. The van der Waals surface area contributed by atoms with Gasteiger partial charge in [-0.25, -0.2) is 14.5 Å². The number of rotatable bonds is 4. The summed E-state index contributed by atoms with van der Waals surface area (Å²) >= 11 is 4.97. The lowest BCUT2D eigenvalue weighted by Gasteiger charge is -2.06. The monoisotopic (exact) mass is 367 g/mol. The fourth-order valence-electron chi connectivity index (χ4n) is 1.97. The summed E-state index contributed by atoms with van der Waals surface area (Å²) in [5, 5.41) is 17.0. The molecular formula is C12H10BrN5O2S. The van der Waals surface area contributed by atoms with Crippen molar-refractivity contribution in [2.75, 3.05) is 0 Å². The van der Waals surface area contributed by atoms with Gasteiger partial charge in [-0.2, -0.15) is 0 Å². The summed E-state index contributed by atoms with van der Waals surface area (Å²) in [7, 11) is 1.80. The summed E-state index contributed by atoms with van der Waals surface area (Å²) in [6.45, 7) is 0.443. The number of nitrogens with zero attached hydrogens (tertiary/aromatic N) is 5. The number of aryl methyl sites for hydroxylation is 1. The molecule has 1 N–H and O–H groups in total. The highest BCUT2D eigenvalue weighted by atomic mass is 79.9. The second-order valence-electron chi connectivity index (χ2n) is 4.32. The summed E-state index contributed by atoms with van der Waals surface area (Å²) in [6, 6.07) is 3.90. The van der Waals surface area contributed by atoms with E-state index in [4.69, 9.17) is 0 Å². The van der Waals surface area contributed by atoms with Crippen LogP contribution in [0.25, 0.3) is 11.5 Å². The van der Waals surface area contributed by atoms with E-state index in [0.29, 0.717) is 18.1 Å². The number of hydrogen-bond acceptors (Lipinski definition) is 5. The van der Waals surface area contributed by atoms with Crippen LogP contribution in [0.2, 0.25) is 0 Å². The Hall–Kier alpha value is -2.00. The first-order valence-electron chi connectivity index (χ1n) is 5.95. The van der Waals surface area contributed by atoms with E-state index in [0.717, 1.165) is 8.66 Å². The van der Waals surface area contributed by atoms with Crippen molar-refractivity contribution in [3.63, 3.8) is 0 Å². The summed E-state index contributed by atoms with van der Waals surface area (Å²) in [5.74, 6) is -0.598. The summed E-state index contributed by atoms with van der Waals surface area (Å²) in [6.07, 6.45) is 3.36. The Labute approximate surface area is 132 Å². The van der Waals surface area contributed by atoms with Crippen LogP contribution in [0.3, 0.4) is 0 Å². The zero-order valence-electron chi connectivity index (χ0n) is 10.9. The van der Waals surface area contributed by atoms with Crippen molar-refractivity contribution in [1.82, 2.24) is 24.5 Å². The maximum atomic E-state index is 11.3. The Morgan fingerprint density at radius 3 is 2.86 bits per heavy atom. The standard InChI is InChI=1S/C12H10BrN5O2S/c1-17-5-4-14-11(17)10-9(12(19)20)15-16-18(10)6-7-2-3-8(13)21-7/h2-5H,6H2,1H3,(H,19,20). The van der Waals surface area contributed by atoms with Crippen LogP contribution in [0.1, 0.15) is 15.4 Å². The Balaban J connectivity index is 2.09. The Bertz CT molecular complexity index is 806. The molecule has 3 heterocycles. The van der Waals surface area contributed by atoms with Gasteiger partial charge in [0, 0.05) is 24.3 Å². The van der Waals surface area contributed by atoms with E-state index in [1.165, 1.54) is 0 Å². The van der Waals surface area contributed by atoms with Crippen molar-refractivity contribution in [3.05, 3.63) is 38.9 Å². The first-order chi connectivity index (χ1) is 10.1. The van der Waals surface area contributed by atoms with Crippen molar-refractivity contribution in [3.8, 4) is 11.5 Å². The van der Waals surface area contributed by atoms with E-state index in [-0.39, 0.29) is 5.69 Å². The highest BCUT2D eigenvalue weighted by Crippen LogP contribution is 2.25. The van der Waals surface area contributed by atoms with E-state index in [9.17, 15) is 9.90 Å². The van der Waals surface area contributed by atoms with Gasteiger partial charge in [0.15, 0.2) is 5.82 Å². The van der Waals surface area contributed by atoms with Crippen LogP contribution in [-0.4, -0.2) is 35.6 Å². The minimum Gasteiger partial charge on any atom is -0.476 e. The lowest BCUT2D eigenvalue weighted by atomic mass is 10.3. The van der Waals surface area contributed by atoms with Crippen molar-refractivity contribution in [2.45, 2.75) is 6.54 Å². The number of thiophene rings is 1. The number of halogens is 1. The van der Waals surface area contributed by atoms with Gasteiger partial charge in [0.25, 0.3) is 0 Å². The van der Waals surface area contributed by atoms with Crippen molar-refractivity contribution in [2.24, 2.45) is 7.05 Å². The van der Waals surface area contributed by atoms with Crippen LogP contribution >= 0.6 is 27.3 Å². The molecule has 9 heteroatoms. The van der Waals surface area contributed by atoms with Gasteiger partial charge < -0.3 is 9.67 Å².